The summed E-state index contributed by atoms with van der Waals surface area (Å²) < 4.78 is 5.35. The van der Waals surface area contributed by atoms with Gasteiger partial charge in [0.05, 0.1) is 16.3 Å². The Hall–Kier alpha value is -1.30. The first-order valence-electron chi connectivity index (χ1n) is 6.14. The molecule has 2 rings (SSSR count). The minimum absolute atomic E-state index is 0.0442. The van der Waals surface area contributed by atoms with E-state index in [1.165, 1.54) is 12.1 Å². The van der Waals surface area contributed by atoms with Crippen LogP contribution >= 0.6 is 23.2 Å². The number of carboxylic acids is 1. The molecule has 1 atom stereocenters. The third-order valence-corrected chi connectivity index (χ3v) is 3.52. The Kier molecular flexibility index (Phi) is 4.86. The Morgan fingerprint density at radius 1 is 1.30 bits per heavy atom. The summed E-state index contributed by atoms with van der Waals surface area (Å²) >= 11 is 11.7. The lowest BCUT2D eigenvalue weighted by Gasteiger charge is -2.22. The average Bonchev–Trinajstić information content (AvgIpc) is 2.42. The lowest BCUT2D eigenvalue weighted by Crippen LogP contribution is -2.33. The van der Waals surface area contributed by atoms with Gasteiger partial charge in [0.1, 0.15) is 6.10 Å². The van der Waals surface area contributed by atoms with E-state index in [4.69, 9.17) is 33.0 Å². The lowest BCUT2D eigenvalue weighted by atomic mass is 10.1. The molecule has 1 aliphatic rings. The summed E-state index contributed by atoms with van der Waals surface area (Å²) in [5, 5.41) is 11.9. The van der Waals surface area contributed by atoms with Crippen molar-refractivity contribution in [1.29, 1.82) is 0 Å². The van der Waals surface area contributed by atoms with Gasteiger partial charge in [-0.3, -0.25) is 4.79 Å². The largest absolute Gasteiger partial charge is 0.478 e. The van der Waals surface area contributed by atoms with Crippen molar-refractivity contribution in [2.45, 2.75) is 25.4 Å². The van der Waals surface area contributed by atoms with E-state index in [-0.39, 0.29) is 21.3 Å². The number of carboxylic acid groups (broad SMARTS) is 1. The van der Waals surface area contributed by atoms with E-state index in [1.54, 1.807) is 0 Å². The maximum Gasteiger partial charge on any atom is 0.337 e. The van der Waals surface area contributed by atoms with Crippen molar-refractivity contribution in [3.8, 4) is 0 Å². The van der Waals surface area contributed by atoms with Crippen LogP contribution in [0.2, 0.25) is 10.0 Å². The van der Waals surface area contributed by atoms with E-state index < -0.39 is 18.0 Å². The standard InChI is InChI=1S/C13H13Cl2NO4/c14-7-5-8(13(18)19)11(9(15)6-7)16-12(17)10-3-1-2-4-20-10/h5-6,10H,1-4H2,(H,16,17)(H,18,19). The third-order valence-electron chi connectivity index (χ3n) is 3.01. The highest BCUT2D eigenvalue weighted by Crippen LogP contribution is 2.31. The molecule has 108 valence electrons. The Balaban J connectivity index is 2.23. The summed E-state index contributed by atoms with van der Waals surface area (Å²) in [4.78, 5) is 23.2. The number of aromatic carboxylic acids is 1. The number of benzene rings is 1. The zero-order valence-electron chi connectivity index (χ0n) is 10.5. The second-order valence-electron chi connectivity index (χ2n) is 4.46. The number of carbonyl (C=O) groups excluding carboxylic acids is 1. The van der Waals surface area contributed by atoms with Crippen LogP contribution in [0.4, 0.5) is 5.69 Å². The molecule has 0 aromatic heterocycles. The highest BCUT2D eigenvalue weighted by Gasteiger charge is 2.25. The van der Waals surface area contributed by atoms with Gasteiger partial charge in [-0.15, -0.1) is 0 Å². The number of anilines is 1. The van der Waals surface area contributed by atoms with Crippen molar-refractivity contribution >= 4 is 40.8 Å². The van der Waals surface area contributed by atoms with Crippen LogP contribution in [0, 0.1) is 0 Å². The molecular formula is C13H13Cl2NO4. The zero-order valence-corrected chi connectivity index (χ0v) is 12.0. The van der Waals surface area contributed by atoms with Gasteiger partial charge in [-0.25, -0.2) is 4.79 Å². The summed E-state index contributed by atoms with van der Waals surface area (Å²) in [6.07, 6.45) is 1.86. The fraction of sp³-hybridized carbons (Fsp3) is 0.385. The summed E-state index contributed by atoms with van der Waals surface area (Å²) in [7, 11) is 0. The molecule has 7 heteroatoms. The topological polar surface area (TPSA) is 75.6 Å². The van der Waals surface area contributed by atoms with E-state index in [1.807, 2.05) is 0 Å². The molecule has 1 aromatic rings. The number of ether oxygens (including phenoxy) is 1. The number of hydrogen-bond donors (Lipinski definition) is 2. The maximum atomic E-state index is 12.1. The molecule has 2 N–H and O–H groups in total. The number of nitrogens with one attached hydrogen (secondary N) is 1. The maximum absolute atomic E-state index is 12.1. The first-order chi connectivity index (χ1) is 9.49. The fourth-order valence-electron chi connectivity index (χ4n) is 2.02. The van der Waals surface area contributed by atoms with Crippen molar-refractivity contribution in [3.63, 3.8) is 0 Å². The predicted molar refractivity (Wildman–Crippen MR) is 75.6 cm³/mol. The molecule has 5 nitrogen and oxygen atoms in total. The molecular weight excluding hydrogens is 305 g/mol. The number of halogens is 2. The molecule has 1 aromatic carbocycles. The van der Waals surface area contributed by atoms with Crippen LogP contribution in [0.3, 0.4) is 0 Å². The lowest BCUT2D eigenvalue weighted by molar-refractivity contribution is -0.129. The molecule has 1 saturated heterocycles. The molecule has 20 heavy (non-hydrogen) atoms. The molecule has 0 saturated carbocycles. The van der Waals surface area contributed by atoms with E-state index in [0.717, 1.165) is 12.8 Å². The highest BCUT2D eigenvalue weighted by atomic mass is 35.5. The number of carbonyl (C=O) groups is 2. The Morgan fingerprint density at radius 3 is 2.65 bits per heavy atom. The first-order valence-corrected chi connectivity index (χ1v) is 6.89. The van der Waals surface area contributed by atoms with Gasteiger partial charge >= 0.3 is 5.97 Å². The van der Waals surface area contributed by atoms with Gasteiger partial charge in [0.15, 0.2) is 0 Å². The molecule has 1 amide bonds. The van der Waals surface area contributed by atoms with Crippen molar-refractivity contribution in [2.75, 3.05) is 11.9 Å². The molecule has 0 spiro atoms. The second-order valence-corrected chi connectivity index (χ2v) is 5.30. The monoisotopic (exact) mass is 317 g/mol. The van der Waals surface area contributed by atoms with Crippen LogP contribution in [0.25, 0.3) is 0 Å². The molecule has 1 fully saturated rings. The number of rotatable bonds is 3. The van der Waals surface area contributed by atoms with Gasteiger partial charge in [0.2, 0.25) is 0 Å². The molecule has 0 aliphatic carbocycles. The summed E-state index contributed by atoms with van der Waals surface area (Å²) in [5.74, 6) is -1.61. The van der Waals surface area contributed by atoms with Crippen molar-refractivity contribution in [1.82, 2.24) is 0 Å². The molecule has 0 bridgehead atoms. The van der Waals surface area contributed by atoms with Crippen LogP contribution < -0.4 is 5.32 Å². The van der Waals surface area contributed by atoms with Crippen LogP contribution in [0.1, 0.15) is 29.6 Å². The molecule has 1 heterocycles. The van der Waals surface area contributed by atoms with Gasteiger partial charge in [0, 0.05) is 11.6 Å². The number of hydrogen-bond acceptors (Lipinski definition) is 3. The van der Waals surface area contributed by atoms with E-state index in [0.29, 0.717) is 13.0 Å². The van der Waals surface area contributed by atoms with Gasteiger partial charge in [-0.2, -0.15) is 0 Å². The van der Waals surface area contributed by atoms with Crippen LogP contribution in [-0.4, -0.2) is 29.7 Å². The van der Waals surface area contributed by atoms with Gasteiger partial charge in [-0.1, -0.05) is 23.2 Å². The van der Waals surface area contributed by atoms with E-state index in [2.05, 4.69) is 5.32 Å². The van der Waals surface area contributed by atoms with E-state index >= 15 is 0 Å². The molecule has 1 unspecified atom stereocenters. The van der Waals surface area contributed by atoms with Gasteiger partial charge < -0.3 is 15.2 Å². The van der Waals surface area contributed by atoms with Crippen LogP contribution in [-0.2, 0) is 9.53 Å². The average molecular weight is 318 g/mol. The molecule has 0 radical (unpaired) electrons. The SMILES string of the molecule is O=C(O)c1cc(Cl)cc(Cl)c1NC(=O)C1CCCCO1. The fourth-order valence-corrected chi connectivity index (χ4v) is 2.56. The quantitative estimate of drug-likeness (QED) is 0.897. The Bertz CT molecular complexity index is 541. The van der Waals surface area contributed by atoms with Crippen LogP contribution in [0.5, 0.6) is 0 Å². The summed E-state index contributed by atoms with van der Waals surface area (Å²) in [6.45, 7) is 0.526. The summed E-state index contributed by atoms with van der Waals surface area (Å²) in [6, 6.07) is 2.63. The highest BCUT2D eigenvalue weighted by molar-refractivity contribution is 6.37. The molecule has 1 aliphatic heterocycles. The second kappa shape index (κ2) is 6.43. The third kappa shape index (κ3) is 3.42. The predicted octanol–water partition coefficient (Wildman–Crippen LogP) is 3.20. The number of amides is 1. The summed E-state index contributed by atoms with van der Waals surface area (Å²) in [5.41, 5.74) is -0.102. The first kappa shape index (κ1) is 15.1. The van der Waals surface area contributed by atoms with Crippen LogP contribution in [0.15, 0.2) is 12.1 Å². The zero-order chi connectivity index (χ0) is 14.7. The minimum atomic E-state index is -1.21. The van der Waals surface area contributed by atoms with Crippen molar-refractivity contribution in [2.24, 2.45) is 0 Å². The van der Waals surface area contributed by atoms with E-state index in [9.17, 15) is 9.59 Å². The van der Waals surface area contributed by atoms with Gasteiger partial charge in [0.25, 0.3) is 5.91 Å². The van der Waals surface area contributed by atoms with Crippen molar-refractivity contribution in [3.05, 3.63) is 27.7 Å². The normalized spacial score (nSPS) is 18.6. The van der Waals surface area contributed by atoms with Crippen molar-refractivity contribution < 1.29 is 19.4 Å². The van der Waals surface area contributed by atoms with Gasteiger partial charge in [-0.05, 0) is 31.4 Å². The Morgan fingerprint density at radius 2 is 2.05 bits per heavy atom. The minimum Gasteiger partial charge on any atom is -0.478 e. The smallest absolute Gasteiger partial charge is 0.337 e. The Labute approximate surface area is 125 Å².